The number of fused-ring (bicyclic) bond motifs is 2. The summed E-state index contributed by atoms with van der Waals surface area (Å²) in [5.74, 6) is 2.40. The molecule has 6 nitrogen and oxygen atoms in total. The number of halogens is 1. The van der Waals surface area contributed by atoms with E-state index in [-0.39, 0.29) is 0 Å². The summed E-state index contributed by atoms with van der Waals surface area (Å²) in [6, 6.07) is 13.5. The first-order chi connectivity index (χ1) is 13.3. The molecular weight excluding hydrogens is 364 g/mol. The molecule has 27 heavy (non-hydrogen) atoms. The summed E-state index contributed by atoms with van der Waals surface area (Å²) >= 11 is 6.05. The van der Waals surface area contributed by atoms with Crippen LogP contribution in [0.4, 0.5) is 11.5 Å². The summed E-state index contributed by atoms with van der Waals surface area (Å²) in [6.07, 6.45) is 5.45. The minimum Gasteiger partial charge on any atom is -0.486 e. The van der Waals surface area contributed by atoms with E-state index < -0.39 is 0 Å². The van der Waals surface area contributed by atoms with Crippen molar-refractivity contribution in [3.63, 3.8) is 0 Å². The summed E-state index contributed by atoms with van der Waals surface area (Å²) < 4.78 is 13.3. The third-order valence-corrected chi connectivity index (χ3v) is 4.68. The number of imidazole rings is 1. The number of ether oxygens (including phenoxy) is 2. The third-order valence-electron chi connectivity index (χ3n) is 4.43. The summed E-state index contributed by atoms with van der Waals surface area (Å²) in [4.78, 5) is 7.62. The van der Waals surface area contributed by atoms with Gasteiger partial charge in [0.1, 0.15) is 25.1 Å². The molecule has 1 aliphatic heterocycles. The first-order valence-corrected chi connectivity index (χ1v) is 8.96. The Morgan fingerprint density at radius 2 is 1.85 bits per heavy atom. The van der Waals surface area contributed by atoms with Crippen LogP contribution in [0, 0.1) is 0 Å². The molecule has 2 aromatic heterocycles. The Labute approximate surface area is 160 Å². The Balaban J connectivity index is 1.61. The molecule has 0 fully saturated rings. The van der Waals surface area contributed by atoms with Crippen LogP contribution < -0.4 is 19.2 Å². The minimum absolute atomic E-state index is 0.556. The Bertz CT molecular complexity index is 1120. The Morgan fingerprint density at radius 3 is 2.70 bits per heavy atom. The molecule has 0 saturated heterocycles. The van der Waals surface area contributed by atoms with E-state index in [0.29, 0.717) is 18.2 Å². The first-order valence-electron chi connectivity index (χ1n) is 8.58. The predicted molar refractivity (Wildman–Crippen MR) is 103 cm³/mol. The van der Waals surface area contributed by atoms with Crippen LogP contribution in [0.25, 0.3) is 16.9 Å². The highest BCUT2D eigenvalue weighted by Gasteiger charge is 2.22. The largest absolute Gasteiger partial charge is 0.486 e. The van der Waals surface area contributed by atoms with Gasteiger partial charge in [0, 0.05) is 16.7 Å². The standard InChI is InChI=1S/C20H15ClN4O2/c21-14-3-1-13(2-4-14)19-20(25-8-7-22-12-18(25)24-19)23-15-5-6-16-17(11-15)27-10-9-26-16/h1-8,11-12H,9-10H2,(H,22,23)/p+1. The smallest absolute Gasteiger partial charge is 0.271 e. The molecule has 0 bridgehead atoms. The van der Waals surface area contributed by atoms with E-state index in [1.165, 1.54) is 0 Å². The zero-order valence-electron chi connectivity index (χ0n) is 14.3. The monoisotopic (exact) mass is 379 g/mol. The van der Waals surface area contributed by atoms with Gasteiger partial charge in [0.05, 0.1) is 12.4 Å². The molecule has 2 N–H and O–H groups in total. The zero-order chi connectivity index (χ0) is 18.2. The van der Waals surface area contributed by atoms with Crippen molar-refractivity contribution in [2.45, 2.75) is 0 Å². The fourth-order valence-electron chi connectivity index (χ4n) is 3.16. The molecule has 2 aromatic carbocycles. The number of aromatic amines is 1. The maximum atomic E-state index is 6.05. The molecule has 0 aliphatic carbocycles. The van der Waals surface area contributed by atoms with Crippen molar-refractivity contribution < 1.29 is 13.9 Å². The summed E-state index contributed by atoms with van der Waals surface area (Å²) in [7, 11) is 0. The molecule has 4 aromatic rings. The molecule has 7 heteroatoms. The highest BCUT2D eigenvalue weighted by atomic mass is 35.5. The lowest BCUT2D eigenvalue weighted by Gasteiger charge is -2.18. The van der Waals surface area contributed by atoms with E-state index in [9.17, 15) is 0 Å². The lowest BCUT2D eigenvalue weighted by Crippen LogP contribution is -2.22. The molecule has 0 radical (unpaired) electrons. The second kappa shape index (κ2) is 6.48. The number of hydrogen-bond donors (Lipinski definition) is 2. The van der Waals surface area contributed by atoms with Crippen LogP contribution >= 0.6 is 11.6 Å². The average Bonchev–Trinajstić information content (AvgIpc) is 3.07. The van der Waals surface area contributed by atoms with Gasteiger partial charge >= 0.3 is 0 Å². The fourth-order valence-corrected chi connectivity index (χ4v) is 3.29. The highest BCUT2D eigenvalue weighted by molar-refractivity contribution is 6.30. The van der Waals surface area contributed by atoms with Crippen LogP contribution in [0.5, 0.6) is 11.5 Å². The van der Waals surface area contributed by atoms with Gasteiger partial charge in [-0.25, -0.2) is 0 Å². The Hall–Kier alpha value is -3.25. The van der Waals surface area contributed by atoms with Crippen molar-refractivity contribution in [2.75, 3.05) is 18.5 Å². The van der Waals surface area contributed by atoms with Crippen molar-refractivity contribution >= 4 is 28.8 Å². The van der Waals surface area contributed by atoms with Gasteiger partial charge in [0.15, 0.2) is 17.2 Å². The molecule has 0 spiro atoms. The fraction of sp³-hybridized carbons (Fsp3) is 0.100. The number of nitrogens with zero attached hydrogens (tertiary/aromatic N) is 2. The molecule has 0 saturated carbocycles. The van der Waals surface area contributed by atoms with Crippen LogP contribution in [0.3, 0.4) is 0 Å². The van der Waals surface area contributed by atoms with Gasteiger partial charge in [-0.15, -0.1) is 0 Å². The topological polar surface area (TPSA) is 63.3 Å². The Kier molecular flexibility index (Phi) is 3.83. The maximum absolute atomic E-state index is 6.05. The number of hydrogen-bond acceptors (Lipinski definition) is 4. The van der Waals surface area contributed by atoms with Gasteiger partial charge in [0.25, 0.3) is 5.82 Å². The average molecular weight is 380 g/mol. The van der Waals surface area contributed by atoms with E-state index in [1.807, 2.05) is 53.1 Å². The van der Waals surface area contributed by atoms with Gasteiger partial charge in [-0.1, -0.05) is 11.6 Å². The summed E-state index contributed by atoms with van der Waals surface area (Å²) in [5, 5.41) is 4.19. The van der Waals surface area contributed by atoms with Crippen LogP contribution in [-0.4, -0.2) is 23.2 Å². The van der Waals surface area contributed by atoms with Crippen LogP contribution in [0.1, 0.15) is 0 Å². The van der Waals surface area contributed by atoms with E-state index in [1.54, 1.807) is 12.4 Å². The predicted octanol–water partition coefficient (Wildman–Crippen LogP) is 3.98. The Morgan fingerprint density at radius 1 is 1.04 bits per heavy atom. The number of nitrogens with one attached hydrogen (secondary N) is 2. The zero-order valence-corrected chi connectivity index (χ0v) is 15.0. The second-order valence-corrected chi connectivity index (χ2v) is 6.61. The molecular formula is C20H16ClN4O2+. The maximum Gasteiger partial charge on any atom is 0.271 e. The van der Waals surface area contributed by atoms with Crippen molar-refractivity contribution in [2.24, 2.45) is 0 Å². The number of anilines is 2. The third kappa shape index (κ3) is 2.94. The molecule has 0 amide bonds. The van der Waals surface area contributed by atoms with Crippen LogP contribution in [0.15, 0.2) is 61.1 Å². The summed E-state index contributed by atoms with van der Waals surface area (Å²) in [6.45, 7) is 1.13. The summed E-state index contributed by atoms with van der Waals surface area (Å²) in [5.41, 5.74) is 3.74. The van der Waals surface area contributed by atoms with E-state index in [4.69, 9.17) is 21.1 Å². The number of benzene rings is 2. The lowest BCUT2D eigenvalue weighted by molar-refractivity contribution is -0.494. The van der Waals surface area contributed by atoms with Crippen molar-refractivity contribution in [3.8, 4) is 22.8 Å². The van der Waals surface area contributed by atoms with Crippen LogP contribution in [-0.2, 0) is 0 Å². The minimum atomic E-state index is 0.556. The SMILES string of the molecule is Clc1ccc(-c2[nH]c3cncc[n+]3c2Nc2ccc3c(c2)OCCO3)cc1. The quantitative estimate of drug-likeness (QED) is 0.528. The number of H-pyrrole nitrogens is 1. The molecule has 3 heterocycles. The van der Waals surface area contributed by atoms with E-state index in [0.717, 1.165) is 39.9 Å². The van der Waals surface area contributed by atoms with Crippen molar-refractivity contribution in [1.29, 1.82) is 0 Å². The molecule has 134 valence electrons. The van der Waals surface area contributed by atoms with Gasteiger partial charge < -0.3 is 9.47 Å². The van der Waals surface area contributed by atoms with Gasteiger partial charge in [0.2, 0.25) is 5.65 Å². The molecule has 1 aliphatic rings. The van der Waals surface area contributed by atoms with Gasteiger partial charge in [-0.05, 0) is 36.4 Å². The lowest BCUT2D eigenvalue weighted by atomic mass is 10.1. The first kappa shape index (κ1) is 16.0. The van der Waals surface area contributed by atoms with Crippen molar-refractivity contribution in [3.05, 3.63) is 66.1 Å². The van der Waals surface area contributed by atoms with Crippen LogP contribution in [0.2, 0.25) is 5.02 Å². The highest BCUT2D eigenvalue weighted by Crippen LogP contribution is 2.35. The second-order valence-electron chi connectivity index (χ2n) is 6.17. The van der Waals surface area contributed by atoms with Gasteiger partial charge in [-0.3, -0.25) is 15.3 Å². The molecule has 5 rings (SSSR count). The number of aromatic nitrogens is 3. The normalized spacial score (nSPS) is 12.9. The van der Waals surface area contributed by atoms with Gasteiger partial charge in [-0.2, -0.15) is 4.40 Å². The molecule has 0 unspecified atom stereocenters. The van der Waals surface area contributed by atoms with E-state index >= 15 is 0 Å². The number of rotatable bonds is 3. The van der Waals surface area contributed by atoms with E-state index in [2.05, 4.69) is 15.3 Å². The molecule has 0 atom stereocenters. The van der Waals surface area contributed by atoms with Crippen molar-refractivity contribution in [1.82, 2.24) is 9.97 Å².